The topological polar surface area (TPSA) is 67.2 Å². The van der Waals surface area contributed by atoms with Crippen molar-refractivity contribution in [3.8, 4) is 0 Å². The van der Waals surface area contributed by atoms with Crippen LogP contribution in [0.4, 0.5) is 0 Å². The highest BCUT2D eigenvalue weighted by Gasteiger charge is 2.09. The van der Waals surface area contributed by atoms with Crippen molar-refractivity contribution < 1.29 is 4.79 Å². The highest BCUT2D eigenvalue weighted by atomic mass is 35.5. The van der Waals surface area contributed by atoms with Crippen LogP contribution in [0.2, 0.25) is 15.1 Å². The molecule has 0 atom stereocenters. The zero-order valence-corrected chi connectivity index (χ0v) is 19.4. The molecular formula is C18H13Cl3N4OS3. The third-order valence-corrected chi connectivity index (χ3v) is 7.55. The third kappa shape index (κ3) is 7.16. The fourth-order valence-corrected chi connectivity index (χ4v) is 5.56. The molecule has 0 saturated carbocycles. The molecular weight excluding hydrogens is 491 g/mol. The number of hydrazone groups is 1. The molecule has 1 heterocycles. The Bertz CT molecular complexity index is 1030. The van der Waals surface area contributed by atoms with Crippen molar-refractivity contribution >= 4 is 81.8 Å². The number of halogens is 3. The number of nitrogens with zero attached hydrogens (tertiary/aromatic N) is 3. The van der Waals surface area contributed by atoms with Crippen LogP contribution in [0, 0.1) is 0 Å². The maximum Gasteiger partial charge on any atom is 0.250 e. The van der Waals surface area contributed by atoms with Gasteiger partial charge < -0.3 is 0 Å². The first-order chi connectivity index (χ1) is 14.0. The van der Waals surface area contributed by atoms with E-state index in [1.807, 2.05) is 24.3 Å². The lowest BCUT2D eigenvalue weighted by molar-refractivity contribution is -0.118. The van der Waals surface area contributed by atoms with Crippen LogP contribution in [0.25, 0.3) is 0 Å². The summed E-state index contributed by atoms with van der Waals surface area (Å²) in [4.78, 5) is 11.9. The van der Waals surface area contributed by atoms with Crippen LogP contribution >= 0.6 is 69.7 Å². The van der Waals surface area contributed by atoms with Crippen LogP contribution in [0.1, 0.15) is 11.1 Å². The molecule has 0 radical (unpaired) electrons. The molecule has 150 valence electrons. The summed E-state index contributed by atoms with van der Waals surface area (Å²) in [6.45, 7) is 0. The van der Waals surface area contributed by atoms with Gasteiger partial charge in [-0.2, -0.15) is 5.10 Å². The van der Waals surface area contributed by atoms with E-state index in [1.54, 1.807) is 30.0 Å². The maximum absolute atomic E-state index is 11.9. The van der Waals surface area contributed by atoms with Crippen molar-refractivity contribution in [3.63, 3.8) is 0 Å². The molecule has 0 bridgehead atoms. The summed E-state index contributed by atoms with van der Waals surface area (Å²) < 4.78 is 1.54. The van der Waals surface area contributed by atoms with Crippen LogP contribution < -0.4 is 5.43 Å². The van der Waals surface area contributed by atoms with Gasteiger partial charge in [0.1, 0.15) is 0 Å². The maximum atomic E-state index is 11.9. The molecule has 0 aliphatic heterocycles. The lowest BCUT2D eigenvalue weighted by Gasteiger charge is -2.00. The van der Waals surface area contributed by atoms with Gasteiger partial charge in [0.15, 0.2) is 8.68 Å². The monoisotopic (exact) mass is 502 g/mol. The molecule has 11 heteroatoms. The second-order valence-electron chi connectivity index (χ2n) is 5.46. The molecule has 0 unspecified atom stereocenters. The first-order valence-corrected chi connectivity index (χ1v) is 12.0. The van der Waals surface area contributed by atoms with Gasteiger partial charge in [-0.25, -0.2) is 5.43 Å². The Morgan fingerprint density at radius 3 is 2.59 bits per heavy atom. The number of amides is 1. The van der Waals surface area contributed by atoms with Crippen molar-refractivity contribution in [2.75, 3.05) is 5.75 Å². The Kier molecular flexibility index (Phi) is 8.65. The number of carbonyl (C=O) groups excluding carboxylic acids is 1. The second-order valence-corrected chi connectivity index (χ2v) is 10.1. The minimum atomic E-state index is -0.253. The molecule has 2 aromatic carbocycles. The van der Waals surface area contributed by atoms with E-state index in [-0.39, 0.29) is 11.7 Å². The highest BCUT2D eigenvalue weighted by Crippen LogP contribution is 2.32. The van der Waals surface area contributed by atoms with E-state index < -0.39 is 0 Å². The molecule has 3 rings (SSSR count). The van der Waals surface area contributed by atoms with Gasteiger partial charge in [-0.15, -0.1) is 10.2 Å². The lowest BCUT2D eigenvalue weighted by atomic mass is 10.2. The Morgan fingerprint density at radius 1 is 1.07 bits per heavy atom. The number of rotatable bonds is 8. The van der Waals surface area contributed by atoms with Gasteiger partial charge in [0, 0.05) is 21.4 Å². The first-order valence-electron chi connectivity index (χ1n) is 8.11. The molecule has 1 aromatic heterocycles. The number of nitrogens with one attached hydrogen (secondary N) is 1. The molecule has 1 amide bonds. The van der Waals surface area contributed by atoms with Gasteiger partial charge in [0.25, 0.3) is 5.91 Å². The Balaban J connectivity index is 1.43. The van der Waals surface area contributed by atoms with Crippen LogP contribution in [0.3, 0.4) is 0 Å². The van der Waals surface area contributed by atoms with E-state index >= 15 is 0 Å². The van der Waals surface area contributed by atoms with Crippen LogP contribution in [0.5, 0.6) is 0 Å². The average molecular weight is 504 g/mol. The minimum Gasteiger partial charge on any atom is -0.272 e. The van der Waals surface area contributed by atoms with E-state index in [1.165, 1.54) is 29.3 Å². The molecule has 0 saturated heterocycles. The van der Waals surface area contributed by atoms with Gasteiger partial charge >= 0.3 is 0 Å². The lowest BCUT2D eigenvalue weighted by Crippen LogP contribution is -2.19. The van der Waals surface area contributed by atoms with Crippen molar-refractivity contribution in [2.24, 2.45) is 5.10 Å². The Labute approximate surface area is 195 Å². The van der Waals surface area contributed by atoms with Gasteiger partial charge in [-0.1, -0.05) is 93.9 Å². The van der Waals surface area contributed by atoms with Crippen LogP contribution in [0.15, 0.2) is 56.2 Å². The van der Waals surface area contributed by atoms with E-state index in [2.05, 4.69) is 20.7 Å². The van der Waals surface area contributed by atoms with Crippen molar-refractivity contribution in [1.29, 1.82) is 0 Å². The van der Waals surface area contributed by atoms with E-state index in [4.69, 9.17) is 34.8 Å². The summed E-state index contributed by atoms with van der Waals surface area (Å²) >= 11 is 22.3. The van der Waals surface area contributed by atoms with E-state index in [9.17, 15) is 4.79 Å². The zero-order valence-electron chi connectivity index (χ0n) is 14.6. The predicted octanol–water partition coefficient (Wildman–Crippen LogP) is 6.03. The number of hydrogen-bond acceptors (Lipinski definition) is 7. The Hall–Kier alpha value is -1.29. The summed E-state index contributed by atoms with van der Waals surface area (Å²) in [5.41, 5.74) is 4.16. The van der Waals surface area contributed by atoms with Gasteiger partial charge in [0.05, 0.1) is 17.0 Å². The highest BCUT2D eigenvalue weighted by molar-refractivity contribution is 8.03. The molecule has 0 fully saturated rings. The summed E-state index contributed by atoms with van der Waals surface area (Å²) in [5, 5.41) is 13.9. The SMILES string of the molecule is O=C(CSc1nnc(SCc2ccccc2Cl)s1)N/N=C/c1ccc(Cl)cc1Cl. The standard InChI is InChI=1S/C18H13Cl3N4OS3/c19-13-6-5-11(15(21)7-13)8-22-23-16(26)10-28-18-25-24-17(29-18)27-9-12-3-1-2-4-14(12)20/h1-8H,9-10H2,(H,23,26)/b22-8+. The van der Waals surface area contributed by atoms with Gasteiger partial charge in [-0.3, -0.25) is 4.79 Å². The minimum absolute atomic E-state index is 0.176. The number of thioether (sulfide) groups is 2. The van der Waals surface area contributed by atoms with Crippen molar-refractivity contribution in [2.45, 2.75) is 14.4 Å². The largest absolute Gasteiger partial charge is 0.272 e. The average Bonchev–Trinajstić information content (AvgIpc) is 3.15. The quantitative estimate of drug-likeness (QED) is 0.231. The number of hydrogen-bond donors (Lipinski definition) is 1. The normalized spacial score (nSPS) is 11.1. The number of carbonyl (C=O) groups is 1. The summed E-state index contributed by atoms with van der Waals surface area (Å²) in [7, 11) is 0. The molecule has 0 spiro atoms. The Morgan fingerprint density at radius 2 is 1.83 bits per heavy atom. The molecule has 29 heavy (non-hydrogen) atoms. The predicted molar refractivity (Wildman–Crippen MR) is 124 cm³/mol. The summed E-state index contributed by atoms with van der Waals surface area (Å²) in [5.74, 6) is 0.633. The fourth-order valence-electron chi connectivity index (χ4n) is 2.01. The van der Waals surface area contributed by atoms with E-state index in [0.29, 0.717) is 25.7 Å². The molecule has 1 N–H and O–H groups in total. The first kappa shape index (κ1) is 22.4. The smallest absolute Gasteiger partial charge is 0.250 e. The molecule has 0 aliphatic rings. The zero-order chi connectivity index (χ0) is 20.6. The summed E-state index contributed by atoms with van der Waals surface area (Å²) in [6, 6.07) is 12.7. The van der Waals surface area contributed by atoms with Gasteiger partial charge in [0.2, 0.25) is 0 Å². The summed E-state index contributed by atoms with van der Waals surface area (Å²) in [6.07, 6.45) is 1.47. The van der Waals surface area contributed by atoms with Crippen molar-refractivity contribution in [3.05, 3.63) is 68.7 Å². The number of aromatic nitrogens is 2. The second kappa shape index (κ2) is 11.2. The van der Waals surface area contributed by atoms with Crippen molar-refractivity contribution in [1.82, 2.24) is 15.6 Å². The third-order valence-electron chi connectivity index (χ3n) is 3.38. The van der Waals surface area contributed by atoms with Gasteiger partial charge in [-0.05, 0) is 23.8 Å². The van der Waals surface area contributed by atoms with E-state index in [0.717, 1.165) is 14.9 Å². The molecule has 0 aliphatic carbocycles. The molecule has 5 nitrogen and oxygen atoms in total. The number of benzene rings is 2. The fraction of sp³-hybridized carbons (Fsp3) is 0.111. The van der Waals surface area contributed by atoms with Crippen LogP contribution in [-0.4, -0.2) is 28.1 Å². The van der Waals surface area contributed by atoms with Crippen LogP contribution in [-0.2, 0) is 10.5 Å². The molecule has 3 aromatic rings.